The molecule has 1 aromatic carbocycles. The molecule has 0 radical (unpaired) electrons. The third kappa shape index (κ3) is 3.07. The lowest BCUT2D eigenvalue weighted by Gasteiger charge is -2.24. The van der Waals surface area contributed by atoms with Crippen LogP contribution in [0, 0.1) is 0 Å². The highest BCUT2D eigenvalue weighted by Gasteiger charge is 2.20. The summed E-state index contributed by atoms with van der Waals surface area (Å²) in [6.07, 6.45) is 4.83. The molecule has 0 aromatic heterocycles. The van der Waals surface area contributed by atoms with E-state index < -0.39 is 10.0 Å². The van der Waals surface area contributed by atoms with Crippen molar-refractivity contribution in [1.29, 1.82) is 0 Å². The summed E-state index contributed by atoms with van der Waals surface area (Å²) >= 11 is 0. The second-order valence-electron chi connectivity index (χ2n) is 5.41. The van der Waals surface area contributed by atoms with E-state index in [-0.39, 0.29) is 4.90 Å². The van der Waals surface area contributed by atoms with Gasteiger partial charge in [-0.15, -0.1) is 0 Å². The topological polar surface area (TPSA) is 66.6 Å². The van der Waals surface area contributed by atoms with Gasteiger partial charge < -0.3 is 10.6 Å². The van der Waals surface area contributed by atoms with Gasteiger partial charge in [0.15, 0.2) is 0 Å². The van der Waals surface area contributed by atoms with Gasteiger partial charge in [0.25, 0.3) is 0 Å². The summed E-state index contributed by atoms with van der Waals surface area (Å²) in [6.45, 7) is 1.98. The molecule has 0 bridgehead atoms. The number of hydrogen-bond donors (Lipinski definition) is 1. The molecule has 1 saturated heterocycles. The van der Waals surface area contributed by atoms with Gasteiger partial charge in [-0.25, -0.2) is 12.7 Å². The molecule has 20 heavy (non-hydrogen) atoms. The van der Waals surface area contributed by atoms with Gasteiger partial charge in [0.2, 0.25) is 10.0 Å². The number of hydrogen-bond acceptors (Lipinski definition) is 4. The van der Waals surface area contributed by atoms with Gasteiger partial charge in [0.05, 0.1) is 16.3 Å². The minimum Gasteiger partial charge on any atom is -0.397 e. The molecule has 112 valence electrons. The first kappa shape index (κ1) is 15.1. The Morgan fingerprint density at radius 3 is 2.20 bits per heavy atom. The molecule has 1 aliphatic heterocycles. The second kappa shape index (κ2) is 6.01. The molecule has 6 heteroatoms. The molecule has 1 heterocycles. The molecule has 0 unspecified atom stereocenters. The van der Waals surface area contributed by atoms with E-state index in [1.165, 1.54) is 31.2 Å². The normalized spacial score (nSPS) is 17.2. The fourth-order valence-corrected chi connectivity index (χ4v) is 3.44. The highest BCUT2D eigenvalue weighted by atomic mass is 32.2. The minimum atomic E-state index is -3.42. The number of anilines is 2. The highest BCUT2D eigenvalue weighted by molar-refractivity contribution is 7.89. The van der Waals surface area contributed by atoms with E-state index in [0.29, 0.717) is 5.69 Å². The van der Waals surface area contributed by atoms with Crippen LogP contribution in [0.15, 0.2) is 23.1 Å². The summed E-state index contributed by atoms with van der Waals surface area (Å²) < 4.78 is 25.4. The van der Waals surface area contributed by atoms with Crippen molar-refractivity contribution < 1.29 is 8.42 Å². The lowest BCUT2D eigenvalue weighted by atomic mass is 10.2. The maximum Gasteiger partial charge on any atom is 0.242 e. The summed E-state index contributed by atoms with van der Waals surface area (Å²) in [5.74, 6) is 0. The molecule has 0 amide bonds. The van der Waals surface area contributed by atoms with Gasteiger partial charge in [0.1, 0.15) is 0 Å². The van der Waals surface area contributed by atoms with Gasteiger partial charge in [-0.2, -0.15) is 0 Å². The Balaban J connectivity index is 2.30. The van der Waals surface area contributed by atoms with E-state index in [1.54, 1.807) is 12.1 Å². The first-order valence-electron chi connectivity index (χ1n) is 7.00. The van der Waals surface area contributed by atoms with Gasteiger partial charge in [-0.3, -0.25) is 0 Å². The molecule has 5 nitrogen and oxygen atoms in total. The Morgan fingerprint density at radius 1 is 1.10 bits per heavy atom. The molecule has 1 fully saturated rings. The van der Waals surface area contributed by atoms with Crippen molar-refractivity contribution in [1.82, 2.24) is 4.31 Å². The molecule has 0 aliphatic carbocycles. The first-order chi connectivity index (χ1) is 9.43. The molecule has 2 N–H and O–H groups in total. The van der Waals surface area contributed by atoms with Crippen molar-refractivity contribution in [3.8, 4) is 0 Å². The highest BCUT2D eigenvalue weighted by Crippen LogP contribution is 2.29. The summed E-state index contributed by atoms with van der Waals surface area (Å²) in [5, 5.41) is 0. The second-order valence-corrected chi connectivity index (χ2v) is 7.56. The zero-order chi connectivity index (χ0) is 14.8. The van der Waals surface area contributed by atoms with E-state index in [4.69, 9.17) is 5.73 Å². The monoisotopic (exact) mass is 297 g/mol. The maximum atomic E-state index is 12.1. The fraction of sp³-hybridized carbons (Fsp3) is 0.571. The summed E-state index contributed by atoms with van der Waals surface area (Å²) in [6, 6.07) is 5.04. The smallest absolute Gasteiger partial charge is 0.242 e. The van der Waals surface area contributed by atoms with Crippen molar-refractivity contribution >= 4 is 21.4 Å². The maximum absolute atomic E-state index is 12.1. The third-order valence-corrected chi connectivity index (χ3v) is 5.54. The third-order valence-electron chi connectivity index (χ3n) is 3.72. The average Bonchev–Trinajstić information content (AvgIpc) is 2.67. The lowest BCUT2D eigenvalue weighted by molar-refractivity contribution is 0.521. The quantitative estimate of drug-likeness (QED) is 0.865. The first-order valence-corrected chi connectivity index (χ1v) is 8.44. The molecule has 1 aliphatic rings. The van der Waals surface area contributed by atoms with Crippen LogP contribution >= 0.6 is 0 Å². The molecular weight excluding hydrogens is 274 g/mol. The standard InChI is InChI=1S/C14H23N3O2S/c1-16(2)20(18,19)12-7-8-14(13(15)11-12)17-9-5-3-4-6-10-17/h7-8,11H,3-6,9-10,15H2,1-2H3. The molecule has 0 saturated carbocycles. The van der Waals surface area contributed by atoms with E-state index in [9.17, 15) is 8.42 Å². The number of nitrogens with two attached hydrogens (primary N) is 1. The van der Waals surface area contributed by atoms with E-state index in [1.807, 2.05) is 6.07 Å². The van der Waals surface area contributed by atoms with Crippen LogP contribution in [-0.2, 0) is 10.0 Å². The van der Waals surface area contributed by atoms with Crippen molar-refractivity contribution in [3.05, 3.63) is 18.2 Å². The Kier molecular flexibility index (Phi) is 4.55. The van der Waals surface area contributed by atoms with Crippen molar-refractivity contribution in [2.75, 3.05) is 37.8 Å². The Morgan fingerprint density at radius 2 is 1.70 bits per heavy atom. The van der Waals surface area contributed by atoms with Crippen LogP contribution in [0.25, 0.3) is 0 Å². The van der Waals surface area contributed by atoms with Crippen LogP contribution in [0.3, 0.4) is 0 Å². The zero-order valence-electron chi connectivity index (χ0n) is 12.2. The SMILES string of the molecule is CN(C)S(=O)(=O)c1ccc(N2CCCCCC2)c(N)c1. The van der Waals surface area contributed by atoms with Gasteiger partial charge in [-0.1, -0.05) is 12.8 Å². The molecule has 0 spiro atoms. The lowest BCUT2D eigenvalue weighted by Crippen LogP contribution is -2.26. The van der Waals surface area contributed by atoms with Crippen LogP contribution in [0.2, 0.25) is 0 Å². The number of nitrogen functional groups attached to an aromatic ring is 1. The predicted molar refractivity (Wildman–Crippen MR) is 82.4 cm³/mol. The number of benzene rings is 1. The zero-order valence-corrected chi connectivity index (χ0v) is 13.0. The Hall–Kier alpha value is -1.27. The largest absolute Gasteiger partial charge is 0.397 e. The molecular formula is C14H23N3O2S. The molecule has 0 atom stereocenters. The van der Waals surface area contributed by atoms with Crippen molar-refractivity contribution in [2.24, 2.45) is 0 Å². The average molecular weight is 297 g/mol. The summed E-state index contributed by atoms with van der Waals surface area (Å²) in [7, 11) is -0.375. The van der Waals surface area contributed by atoms with E-state index in [0.717, 1.165) is 31.6 Å². The van der Waals surface area contributed by atoms with E-state index in [2.05, 4.69) is 4.90 Å². The van der Waals surface area contributed by atoms with Crippen molar-refractivity contribution in [3.63, 3.8) is 0 Å². The van der Waals surface area contributed by atoms with Crippen LogP contribution in [0.5, 0.6) is 0 Å². The van der Waals surface area contributed by atoms with Crippen LogP contribution in [0.4, 0.5) is 11.4 Å². The van der Waals surface area contributed by atoms with Crippen LogP contribution < -0.4 is 10.6 Å². The van der Waals surface area contributed by atoms with Crippen LogP contribution in [-0.4, -0.2) is 39.9 Å². The molecule has 1 aromatic rings. The van der Waals surface area contributed by atoms with Crippen molar-refractivity contribution in [2.45, 2.75) is 30.6 Å². The summed E-state index contributed by atoms with van der Waals surface area (Å²) in [5.41, 5.74) is 7.56. The van der Waals surface area contributed by atoms with Crippen LogP contribution in [0.1, 0.15) is 25.7 Å². The number of nitrogens with zero attached hydrogens (tertiary/aromatic N) is 2. The molecule has 2 rings (SSSR count). The van der Waals surface area contributed by atoms with Gasteiger partial charge in [-0.05, 0) is 31.0 Å². The number of sulfonamides is 1. The Bertz CT molecular complexity index is 562. The number of rotatable bonds is 3. The Labute approximate surface area is 121 Å². The fourth-order valence-electron chi connectivity index (χ4n) is 2.50. The summed E-state index contributed by atoms with van der Waals surface area (Å²) in [4.78, 5) is 2.51. The van der Waals surface area contributed by atoms with E-state index >= 15 is 0 Å². The van der Waals surface area contributed by atoms with Gasteiger partial charge in [0, 0.05) is 27.2 Å². The minimum absolute atomic E-state index is 0.249. The predicted octanol–water partition coefficient (Wildman–Crippen LogP) is 1.90. The van der Waals surface area contributed by atoms with Gasteiger partial charge >= 0.3 is 0 Å².